The lowest BCUT2D eigenvalue weighted by Gasteiger charge is -2.32. The Balaban J connectivity index is 1.39. The van der Waals surface area contributed by atoms with Crippen LogP contribution in [0.4, 0.5) is 4.79 Å². The van der Waals surface area contributed by atoms with Crippen LogP contribution in [0.1, 0.15) is 55.0 Å². The highest BCUT2D eigenvalue weighted by Crippen LogP contribution is 2.18. The van der Waals surface area contributed by atoms with Crippen LogP contribution in [0.3, 0.4) is 0 Å². The van der Waals surface area contributed by atoms with Crippen molar-refractivity contribution >= 4 is 6.03 Å². The number of benzene rings is 1. The van der Waals surface area contributed by atoms with Crippen molar-refractivity contribution in [1.29, 1.82) is 0 Å². The van der Waals surface area contributed by atoms with E-state index in [2.05, 4.69) is 34.9 Å². The van der Waals surface area contributed by atoms with Gasteiger partial charge in [-0.15, -0.1) is 0 Å². The van der Waals surface area contributed by atoms with Gasteiger partial charge in [-0.05, 0) is 30.5 Å². The number of urea groups is 1. The standard InChI is InChI=1S/C22H29N3O2/c26-22(24-19-9-2-1-3-10-19)23-15-20(21-11-6-14-27-21)25-13-12-17-7-4-5-8-18(17)16-25/h4-8,11,14,19-20H,1-3,9-10,12-13,15-16H2,(H2,23,24,26)/p+1/t20-/m0/s1. The lowest BCUT2D eigenvalue weighted by molar-refractivity contribution is -0.946. The van der Waals surface area contributed by atoms with Crippen LogP contribution in [0.2, 0.25) is 0 Å². The molecule has 0 spiro atoms. The van der Waals surface area contributed by atoms with Crippen LogP contribution in [-0.2, 0) is 13.0 Å². The van der Waals surface area contributed by atoms with Crippen LogP contribution in [0.5, 0.6) is 0 Å². The number of rotatable bonds is 5. The summed E-state index contributed by atoms with van der Waals surface area (Å²) >= 11 is 0. The summed E-state index contributed by atoms with van der Waals surface area (Å²) in [4.78, 5) is 13.9. The number of hydrogen-bond acceptors (Lipinski definition) is 2. The van der Waals surface area contributed by atoms with Gasteiger partial charge in [0, 0.05) is 18.0 Å². The zero-order valence-corrected chi connectivity index (χ0v) is 15.9. The highest BCUT2D eigenvalue weighted by Gasteiger charge is 2.30. The maximum atomic E-state index is 12.4. The summed E-state index contributed by atoms with van der Waals surface area (Å²) in [6.45, 7) is 2.60. The second kappa shape index (κ2) is 8.61. The number of furan rings is 1. The van der Waals surface area contributed by atoms with Crippen molar-refractivity contribution < 1.29 is 14.1 Å². The maximum Gasteiger partial charge on any atom is 0.315 e. The smallest absolute Gasteiger partial charge is 0.315 e. The third kappa shape index (κ3) is 4.53. The maximum absolute atomic E-state index is 12.4. The van der Waals surface area contributed by atoms with Crippen LogP contribution in [-0.4, -0.2) is 25.2 Å². The van der Waals surface area contributed by atoms with Gasteiger partial charge in [0.2, 0.25) is 0 Å². The summed E-state index contributed by atoms with van der Waals surface area (Å²) in [7, 11) is 0. The molecular weight excluding hydrogens is 338 g/mol. The fourth-order valence-electron chi connectivity index (χ4n) is 4.51. The van der Waals surface area contributed by atoms with Gasteiger partial charge >= 0.3 is 6.03 Å². The van der Waals surface area contributed by atoms with E-state index in [-0.39, 0.29) is 12.1 Å². The molecule has 1 aromatic carbocycles. The summed E-state index contributed by atoms with van der Waals surface area (Å²) in [5.74, 6) is 0.947. The Morgan fingerprint density at radius 3 is 2.70 bits per heavy atom. The highest BCUT2D eigenvalue weighted by atomic mass is 16.3. The average Bonchev–Trinajstić information content (AvgIpc) is 3.23. The molecular formula is C22H30N3O2+. The van der Waals surface area contributed by atoms with Gasteiger partial charge in [-0.1, -0.05) is 43.5 Å². The predicted molar refractivity (Wildman–Crippen MR) is 105 cm³/mol. The molecule has 5 heteroatoms. The molecule has 1 aliphatic heterocycles. The Bertz CT molecular complexity index is 738. The van der Waals surface area contributed by atoms with E-state index in [0.29, 0.717) is 12.6 Å². The Kier molecular flexibility index (Phi) is 5.78. The molecule has 27 heavy (non-hydrogen) atoms. The van der Waals surface area contributed by atoms with Crippen LogP contribution >= 0.6 is 0 Å². The minimum absolute atomic E-state index is 0.0461. The van der Waals surface area contributed by atoms with Crippen molar-refractivity contribution in [1.82, 2.24) is 10.6 Å². The summed E-state index contributed by atoms with van der Waals surface area (Å²) in [6.07, 6.45) is 8.72. The first-order chi connectivity index (χ1) is 13.3. The second-order valence-electron chi connectivity index (χ2n) is 7.86. The molecule has 1 saturated carbocycles. The van der Waals surface area contributed by atoms with Crippen molar-refractivity contribution in [3.8, 4) is 0 Å². The van der Waals surface area contributed by atoms with E-state index in [1.807, 2.05) is 12.1 Å². The summed E-state index contributed by atoms with van der Waals surface area (Å²) in [5.41, 5.74) is 2.85. The van der Waals surface area contributed by atoms with E-state index in [9.17, 15) is 4.79 Å². The number of carbonyl (C=O) groups is 1. The molecule has 2 heterocycles. The third-order valence-electron chi connectivity index (χ3n) is 6.04. The number of quaternary nitrogens is 1. The molecule has 2 amide bonds. The minimum atomic E-state index is -0.0461. The fraction of sp³-hybridized carbons (Fsp3) is 0.500. The lowest BCUT2D eigenvalue weighted by atomic mass is 9.96. The van der Waals surface area contributed by atoms with Crippen LogP contribution in [0.15, 0.2) is 47.1 Å². The van der Waals surface area contributed by atoms with Crippen molar-refractivity contribution in [3.63, 3.8) is 0 Å². The van der Waals surface area contributed by atoms with E-state index < -0.39 is 0 Å². The normalized spacial score (nSPS) is 21.3. The molecule has 4 rings (SSSR count). The minimum Gasteiger partial charge on any atom is -0.463 e. The van der Waals surface area contributed by atoms with Crippen molar-refractivity contribution in [3.05, 3.63) is 59.5 Å². The molecule has 144 valence electrons. The largest absolute Gasteiger partial charge is 0.463 e. The van der Waals surface area contributed by atoms with Gasteiger partial charge in [0.05, 0.1) is 19.4 Å². The van der Waals surface area contributed by atoms with Gasteiger partial charge < -0.3 is 20.0 Å². The van der Waals surface area contributed by atoms with Crippen molar-refractivity contribution in [2.45, 2.75) is 57.2 Å². The average molecular weight is 369 g/mol. The van der Waals surface area contributed by atoms with Crippen LogP contribution < -0.4 is 15.5 Å². The molecule has 5 nitrogen and oxygen atoms in total. The molecule has 2 aromatic rings. The number of carbonyl (C=O) groups excluding carboxylic acids is 1. The summed E-state index contributed by atoms with van der Waals surface area (Å²) < 4.78 is 5.73. The van der Waals surface area contributed by atoms with Gasteiger partial charge in [-0.2, -0.15) is 0 Å². The van der Waals surface area contributed by atoms with E-state index >= 15 is 0 Å². The van der Waals surface area contributed by atoms with Crippen LogP contribution in [0, 0.1) is 0 Å². The van der Waals surface area contributed by atoms with Gasteiger partial charge in [0.15, 0.2) is 11.8 Å². The Morgan fingerprint density at radius 2 is 1.93 bits per heavy atom. The first-order valence-corrected chi connectivity index (χ1v) is 10.3. The molecule has 1 unspecified atom stereocenters. The Labute approximate surface area is 161 Å². The SMILES string of the molecule is O=C(NC[C@@H](c1ccco1)[NH+]1CCc2ccccc2C1)NC1CCCCC1. The van der Waals surface area contributed by atoms with Crippen molar-refractivity contribution in [2.75, 3.05) is 13.1 Å². The molecule has 2 atom stereocenters. The number of hydrogen-bond donors (Lipinski definition) is 3. The fourth-order valence-corrected chi connectivity index (χ4v) is 4.51. The summed E-state index contributed by atoms with van der Waals surface area (Å²) in [6, 6.07) is 13.0. The quantitative estimate of drug-likeness (QED) is 0.760. The zero-order chi connectivity index (χ0) is 18.5. The van der Waals surface area contributed by atoms with Gasteiger partial charge in [0.25, 0.3) is 0 Å². The van der Waals surface area contributed by atoms with E-state index in [1.54, 1.807) is 6.26 Å². The molecule has 1 aliphatic carbocycles. The number of amides is 2. The number of fused-ring (bicyclic) bond motifs is 1. The van der Waals surface area contributed by atoms with Gasteiger partial charge in [-0.3, -0.25) is 0 Å². The zero-order valence-electron chi connectivity index (χ0n) is 15.9. The first kappa shape index (κ1) is 18.1. The monoisotopic (exact) mass is 368 g/mol. The molecule has 3 N–H and O–H groups in total. The number of nitrogens with one attached hydrogen (secondary N) is 3. The second-order valence-corrected chi connectivity index (χ2v) is 7.86. The van der Waals surface area contributed by atoms with E-state index in [0.717, 1.165) is 38.1 Å². The molecule has 2 aliphatic rings. The highest BCUT2D eigenvalue weighted by molar-refractivity contribution is 5.74. The molecule has 0 saturated heterocycles. The topological polar surface area (TPSA) is 58.7 Å². The van der Waals surface area contributed by atoms with E-state index in [4.69, 9.17) is 4.42 Å². The predicted octanol–water partition coefficient (Wildman–Crippen LogP) is 2.59. The molecule has 1 aromatic heterocycles. The molecule has 0 bridgehead atoms. The van der Waals surface area contributed by atoms with Gasteiger partial charge in [-0.25, -0.2) is 4.79 Å². The van der Waals surface area contributed by atoms with Crippen LogP contribution in [0.25, 0.3) is 0 Å². The van der Waals surface area contributed by atoms with E-state index in [1.165, 1.54) is 35.3 Å². The van der Waals surface area contributed by atoms with Gasteiger partial charge in [0.1, 0.15) is 6.54 Å². The third-order valence-corrected chi connectivity index (χ3v) is 6.04. The molecule has 0 radical (unpaired) electrons. The molecule has 1 fully saturated rings. The summed E-state index contributed by atoms with van der Waals surface area (Å²) in [5, 5.41) is 6.26. The Morgan fingerprint density at radius 1 is 1.11 bits per heavy atom. The lowest BCUT2D eigenvalue weighted by Crippen LogP contribution is -3.12. The Hall–Kier alpha value is -2.27. The first-order valence-electron chi connectivity index (χ1n) is 10.3. The van der Waals surface area contributed by atoms with Crippen molar-refractivity contribution in [2.24, 2.45) is 0 Å².